The highest BCUT2D eigenvalue weighted by atomic mass is 14.8. The monoisotopic (exact) mass is 454 g/mol. The molecule has 0 fully saturated rings. The van der Waals surface area contributed by atoms with Gasteiger partial charge in [0.25, 0.3) is 0 Å². The lowest BCUT2D eigenvalue weighted by Gasteiger charge is -2.20. The lowest BCUT2D eigenvalue weighted by Crippen LogP contribution is -2.08. The molecule has 6 aromatic carbocycles. The van der Waals surface area contributed by atoms with Crippen molar-refractivity contribution in [3.05, 3.63) is 119 Å². The van der Waals surface area contributed by atoms with Gasteiger partial charge in [-0.1, -0.05) is 97.1 Å². The fourth-order valence-corrected chi connectivity index (χ4v) is 5.91. The van der Waals surface area contributed by atoms with E-state index in [1.807, 2.05) is 14.1 Å². The van der Waals surface area contributed by atoms with Gasteiger partial charge in [-0.25, -0.2) is 0 Å². The van der Waals surface area contributed by atoms with Gasteiger partial charge in [0.1, 0.15) is 0 Å². The van der Waals surface area contributed by atoms with Crippen molar-refractivity contribution in [1.82, 2.24) is 10.6 Å². The van der Waals surface area contributed by atoms with Crippen LogP contribution in [0.25, 0.3) is 43.1 Å². The van der Waals surface area contributed by atoms with Crippen molar-refractivity contribution in [3.63, 3.8) is 0 Å². The summed E-state index contributed by atoms with van der Waals surface area (Å²) in [6.45, 7) is 1.71. The van der Waals surface area contributed by atoms with Gasteiger partial charge in [0, 0.05) is 13.1 Å². The highest BCUT2D eigenvalue weighted by Gasteiger charge is 2.18. The van der Waals surface area contributed by atoms with Gasteiger partial charge in [-0.15, -0.1) is 0 Å². The number of fused-ring (bicyclic) bond motifs is 4. The Hall–Kier alpha value is -3.72. The second kappa shape index (κ2) is 9.14. The van der Waals surface area contributed by atoms with E-state index in [1.54, 1.807) is 0 Å². The first-order valence-corrected chi connectivity index (χ1v) is 12.4. The zero-order valence-electron chi connectivity index (χ0n) is 20.4. The summed E-state index contributed by atoms with van der Waals surface area (Å²) in [5.41, 5.74) is 5.57. The maximum absolute atomic E-state index is 3.40. The van der Waals surface area contributed by atoms with Crippen molar-refractivity contribution in [3.8, 4) is 0 Å². The van der Waals surface area contributed by atoms with Gasteiger partial charge < -0.3 is 10.6 Å². The van der Waals surface area contributed by atoms with E-state index >= 15 is 0 Å². The molecule has 6 aromatic rings. The quantitative estimate of drug-likeness (QED) is 0.258. The van der Waals surface area contributed by atoms with Crippen molar-refractivity contribution in [2.45, 2.75) is 19.5 Å². The van der Waals surface area contributed by atoms with Crippen LogP contribution >= 0.6 is 0 Å². The molecular weight excluding hydrogens is 424 g/mol. The smallest absolute Gasteiger partial charge is 0.0214 e. The molecule has 6 rings (SSSR count). The zero-order chi connectivity index (χ0) is 23.8. The van der Waals surface area contributed by atoms with Crippen LogP contribution in [0.1, 0.15) is 22.3 Å². The normalized spacial score (nSPS) is 11.7. The Bertz CT molecular complexity index is 1460. The van der Waals surface area contributed by atoms with Crippen molar-refractivity contribution < 1.29 is 0 Å². The Morgan fingerprint density at radius 3 is 0.829 bits per heavy atom. The number of hydrogen-bond donors (Lipinski definition) is 2. The fourth-order valence-electron chi connectivity index (χ4n) is 5.91. The highest BCUT2D eigenvalue weighted by molar-refractivity contribution is 6.09. The second-order valence-electron chi connectivity index (χ2n) is 9.33. The molecule has 0 heterocycles. The number of benzene rings is 6. The van der Waals surface area contributed by atoms with E-state index in [4.69, 9.17) is 0 Å². The lowest BCUT2D eigenvalue weighted by atomic mass is 9.85. The molecule has 0 atom stereocenters. The lowest BCUT2D eigenvalue weighted by molar-refractivity contribution is 0.828. The largest absolute Gasteiger partial charge is 0.316 e. The molecule has 2 heteroatoms. The Morgan fingerprint density at radius 1 is 0.371 bits per heavy atom. The molecule has 172 valence electrons. The molecule has 0 aliphatic heterocycles. The van der Waals surface area contributed by atoms with E-state index in [2.05, 4.69) is 108 Å². The molecule has 0 saturated heterocycles. The van der Waals surface area contributed by atoms with Crippen molar-refractivity contribution in [2.24, 2.45) is 0 Å². The van der Waals surface area contributed by atoms with Crippen LogP contribution in [-0.4, -0.2) is 14.1 Å². The minimum absolute atomic E-state index is 0.853. The maximum Gasteiger partial charge on any atom is 0.0214 e. The van der Waals surface area contributed by atoms with Gasteiger partial charge in [0.2, 0.25) is 0 Å². The molecule has 0 aromatic heterocycles. The van der Waals surface area contributed by atoms with Gasteiger partial charge in [0.15, 0.2) is 0 Å². The SMILES string of the molecule is CNCc1c2ccccc2c(Cc2c3ccccc3c(CNC)c3ccccc23)c2ccccc12. The van der Waals surface area contributed by atoms with E-state index in [0.29, 0.717) is 0 Å². The molecule has 2 nitrogen and oxygen atoms in total. The van der Waals surface area contributed by atoms with E-state index in [0.717, 1.165) is 19.5 Å². The van der Waals surface area contributed by atoms with Gasteiger partial charge in [-0.05, 0) is 85.9 Å². The summed E-state index contributed by atoms with van der Waals surface area (Å²) in [6, 6.07) is 35.7. The Balaban J connectivity index is 1.71. The van der Waals surface area contributed by atoms with Crippen LogP contribution in [0.2, 0.25) is 0 Å². The molecule has 0 aliphatic rings. The zero-order valence-corrected chi connectivity index (χ0v) is 20.4. The van der Waals surface area contributed by atoms with Crippen LogP contribution in [0.5, 0.6) is 0 Å². The minimum atomic E-state index is 0.853. The number of nitrogens with one attached hydrogen (secondary N) is 2. The summed E-state index contributed by atoms with van der Waals surface area (Å²) in [4.78, 5) is 0. The molecule has 0 bridgehead atoms. The molecular formula is C33H30N2. The van der Waals surface area contributed by atoms with E-state index in [1.165, 1.54) is 65.3 Å². The fraction of sp³-hybridized carbons (Fsp3) is 0.152. The molecule has 2 N–H and O–H groups in total. The summed E-state index contributed by atoms with van der Waals surface area (Å²) >= 11 is 0. The average Bonchev–Trinajstić information content (AvgIpc) is 2.92. The third-order valence-electron chi connectivity index (χ3n) is 7.37. The third kappa shape index (κ3) is 3.58. The van der Waals surface area contributed by atoms with Crippen LogP contribution in [0, 0.1) is 0 Å². The average molecular weight is 455 g/mol. The van der Waals surface area contributed by atoms with Crippen LogP contribution in [0.3, 0.4) is 0 Å². The first-order chi connectivity index (χ1) is 17.3. The Kier molecular flexibility index (Phi) is 5.69. The van der Waals surface area contributed by atoms with E-state index in [9.17, 15) is 0 Å². The minimum Gasteiger partial charge on any atom is -0.316 e. The number of hydrogen-bond acceptors (Lipinski definition) is 2. The van der Waals surface area contributed by atoms with Gasteiger partial charge in [0.05, 0.1) is 0 Å². The van der Waals surface area contributed by atoms with Crippen molar-refractivity contribution >= 4 is 43.1 Å². The molecule has 0 unspecified atom stereocenters. The molecule has 0 radical (unpaired) electrons. The first-order valence-electron chi connectivity index (χ1n) is 12.4. The van der Waals surface area contributed by atoms with Crippen LogP contribution in [0.4, 0.5) is 0 Å². The molecule has 0 amide bonds. The predicted molar refractivity (Wildman–Crippen MR) is 151 cm³/mol. The second-order valence-corrected chi connectivity index (χ2v) is 9.33. The van der Waals surface area contributed by atoms with Crippen molar-refractivity contribution in [2.75, 3.05) is 14.1 Å². The van der Waals surface area contributed by atoms with Crippen LogP contribution < -0.4 is 10.6 Å². The van der Waals surface area contributed by atoms with E-state index < -0.39 is 0 Å². The number of rotatable bonds is 6. The Morgan fingerprint density at radius 2 is 0.600 bits per heavy atom. The summed E-state index contributed by atoms with van der Waals surface area (Å²) < 4.78 is 0. The van der Waals surface area contributed by atoms with Gasteiger partial charge in [-0.2, -0.15) is 0 Å². The summed E-state index contributed by atoms with van der Waals surface area (Å²) in [5.74, 6) is 0. The molecule has 35 heavy (non-hydrogen) atoms. The summed E-state index contributed by atoms with van der Waals surface area (Å²) in [7, 11) is 4.06. The van der Waals surface area contributed by atoms with E-state index in [-0.39, 0.29) is 0 Å². The third-order valence-corrected chi connectivity index (χ3v) is 7.37. The summed E-state index contributed by atoms with van der Waals surface area (Å²) in [6.07, 6.45) is 0.891. The summed E-state index contributed by atoms with van der Waals surface area (Å²) in [5, 5.41) is 17.6. The van der Waals surface area contributed by atoms with Crippen LogP contribution in [0.15, 0.2) is 97.1 Å². The Labute approximate surface area is 206 Å². The highest BCUT2D eigenvalue weighted by Crippen LogP contribution is 2.39. The molecule has 0 aliphatic carbocycles. The predicted octanol–water partition coefficient (Wildman–Crippen LogP) is 7.33. The standard InChI is InChI=1S/C33H30N2/c1-34-20-32-26-15-7-3-11-22(26)30(23-12-4-8-16-27(23)32)19-31-24-13-5-9-17-28(24)33(21-35-2)29-18-10-6-14-25(29)31/h3-18,34-35H,19-21H2,1-2H3. The molecule has 0 spiro atoms. The maximum atomic E-state index is 3.40. The van der Waals surface area contributed by atoms with Gasteiger partial charge >= 0.3 is 0 Å². The topological polar surface area (TPSA) is 24.1 Å². The van der Waals surface area contributed by atoms with Gasteiger partial charge in [-0.3, -0.25) is 0 Å². The molecule has 0 saturated carbocycles. The first kappa shape index (κ1) is 21.8. The van der Waals surface area contributed by atoms with Crippen molar-refractivity contribution in [1.29, 1.82) is 0 Å². The van der Waals surface area contributed by atoms with Crippen LogP contribution in [-0.2, 0) is 19.5 Å².